The van der Waals surface area contributed by atoms with E-state index in [0.717, 1.165) is 35.7 Å². The molecule has 3 aliphatic rings. The second-order valence-corrected chi connectivity index (χ2v) is 9.11. The summed E-state index contributed by atoms with van der Waals surface area (Å²) in [6, 6.07) is 10.6. The van der Waals surface area contributed by atoms with E-state index < -0.39 is 11.4 Å². The minimum absolute atomic E-state index is 0.487. The Bertz CT molecular complexity index is 1340. The maximum atomic E-state index is 11.5. The normalized spacial score (nSPS) is 26.9. The fourth-order valence-corrected chi connectivity index (χ4v) is 5.05. The lowest BCUT2D eigenvalue weighted by molar-refractivity contribution is 0.292. The third kappa shape index (κ3) is 3.30. The van der Waals surface area contributed by atoms with Gasteiger partial charge in [0.25, 0.3) is 0 Å². The van der Waals surface area contributed by atoms with Crippen molar-refractivity contribution in [3.63, 3.8) is 0 Å². The third-order valence-electron chi connectivity index (χ3n) is 7.02. The van der Waals surface area contributed by atoms with E-state index in [0.29, 0.717) is 29.1 Å². The largest absolute Gasteiger partial charge is 0.417 e. The van der Waals surface area contributed by atoms with Crippen LogP contribution in [-0.2, 0) is 5.66 Å². The number of pyridine rings is 1. The predicted octanol–water partition coefficient (Wildman–Crippen LogP) is 1.50. The summed E-state index contributed by atoms with van der Waals surface area (Å²) in [6.45, 7) is 4.03. The first-order valence-electron chi connectivity index (χ1n) is 11.0. The number of oxazole rings is 1. The molecule has 10 nitrogen and oxygen atoms in total. The molecular weight excluding hydrogens is 420 g/mol. The zero-order valence-corrected chi connectivity index (χ0v) is 18.5. The summed E-state index contributed by atoms with van der Waals surface area (Å²) in [5.41, 5.74) is 9.28. The first-order chi connectivity index (χ1) is 15.9. The molecule has 0 radical (unpaired) electrons. The fourth-order valence-electron chi connectivity index (χ4n) is 5.05. The molecule has 6 rings (SSSR count). The predicted molar refractivity (Wildman–Crippen MR) is 127 cm³/mol. The van der Waals surface area contributed by atoms with Gasteiger partial charge in [0, 0.05) is 31.4 Å². The second kappa shape index (κ2) is 7.19. The second-order valence-electron chi connectivity index (χ2n) is 9.11. The highest BCUT2D eigenvalue weighted by molar-refractivity contribution is 5.95. The molecule has 2 fully saturated rings. The lowest BCUT2D eigenvalue weighted by Gasteiger charge is -2.35. The third-order valence-corrected chi connectivity index (χ3v) is 7.02. The number of nitrogens with one attached hydrogen (secondary N) is 3. The summed E-state index contributed by atoms with van der Waals surface area (Å²) in [7, 11) is 2.20. The van der Waals surface area contributed by atoms with Gasteiger partial charge in [-0.2, -0.15) is 0 Å². The van der Waals surface area contributed by atoms with E-state index in [1.807, 2.05) is 37.4 Å². The molecule has 0 amide bonds. The van der Waals surface area contributed by atoms with Crippen LogP contribution in [0.4, 0.5) is 11.5 Å². The van der Waals surface area contributed by atoms with Crippen molar-refractivity contribution in [2.45, 2.75) is 31.1 Å². The van der Waals surface area contributed by atoms with Crippen LogP contribution in [0.15, 0.2) is 62.5 Å². The number of nitrogens with zero attached hydrogens (tertiary/aromatic N) is 4. The molecule has 33 heavy (non-hydrogen) atoms. The Morgan fingerprint density at radius 1 is 1.24 bits per heavy atom. The minimum Gasteiger partial charge on any atom is -0.408 e. The van der Waals surface area contributed by atoms with Gasteiger partial charge in [-0.1, -0.05) is 6.07 Å². The van der Waals surface area contributed by atoms with Gasteiger partial charge >= 0.3 is 5.76 Å². The molecule has 3 aliphatic heterocycles. The Balaban J connectivity index is 1.20. The topological polar surface area (TPSA) is 128 Å². The van der Waals surface area contributed by atoms with Crippen molar-refractivity contribution >= 4 is 28.6 Å². The van der Waals surface area contributed by atoms with Crippen molar-refractivity contribution in [3.05, 3.63) is 64.4 Å². The molecule has 0 spiro atoms. The number of aromatic nitrogens is 2. The summed E-state index contributed by atoms with van der Waals surface area (Å²) >= 11 is 0. The summed E-state index contributed by atoms with van der Waals surface area (Å²) in [6.07, 6.45) is 4.77. The zero-order chi connectivity index (χ0) is 22.7. The number of hydrogen-bond acceptors (Lipinski definition) is 9. The molecule has 1 aromatic carbocycles. The highest BCUT2D eigenvalue weighted by atomic mass is 16.4. The number of H-pyrrole nitrogens is 1. The Morgan fingerprint density at radius 2 is 2.12 bits per heavy atom. The number of guanidine groups is 1. The van der Waals surface area contributed by atoms with Gasteiger partial charge in [0.05, 0.1) is 17.4 Å². The van der Waals surface area contributed by atoms with E-state index in [-0.39, 0.29) is 0 Å². The molecule has 2 aromatic heterocycles. The van der Waals surface area contributed by atoms with E-state index in [1.165, 1.54) is 6.42 Å². The van der Waals surface area contributed by atoms with Gasteiger partial charge in [0.1, 0.15) is 11.5 Å². The van der Waals surface area contributed by atoms with E-state index in [1.54, 1.807) is 12.3 Å². The quantitative estimate of drug-likeness (QED) is 0.477. The molecular formula is C23H26N8O2. The van der Waals surface area contributed by atoms with Crippen LogP contribution in [-0.4, -0.2) is 53.0 Å². The van der Waals surface area contributed by atoms with E-state index >= 15 is 0 Å². The lowest BCUT2D eigenvalue weighted by atomic mass is 9.92. The molecule has 3 aromatic rings. The molecule has 0 saturated carbocycles. The zero-order valence-electron chi connectivity index (χ0n) is 18.5. The van der Waals surface area contributed by atoms with Crippen molar-refractivity contribution in [1.82, 2.24) is 20.2 Å². The summed E-state index contributed by atoms with van der Waals surface area (Å²) in [5.74, 6) is 1.03. The van der Waals surface area contributed by atoms with Gasteiger partial charge in [0.2, 0.25) is 5.96 Å². The van der Waals surface area contributed by atoms with Gasteiger partial charge in [-0.15, -0.1) is 0 Å². The maximum Gasteiger partial charge on any atom is 0.417 e. The minimum atomic E-state index is -0.999. The van der Waals surface area contributed by atoms with Crippen LogP contribution in [0.5, 0.6) is 0 Å². The first kappa shape index (κ1) is 20.0. The van der Waals surface area contributed by atoms with Crippen LogP contribution >= 0.6 is 0 Å². The van der Waals surface area contributed by atoms with E-state index in [4.69, 9.17) is 10.2 Å². The molecule has 170 valence electrons. The van der Waals surface area contributed by atoms with Crippen LogP contribution in [0.3, 0.4) is 0 Å². The number of piperazine rings is 1. The molecule has 2 bridgehead atoms. The van der Waals surface area contributed by atoms with Crippen LogP contribution < -0.4 is 27.0 Å². The summed E-state index contributed by atoms with van der Waals surface area (Å²) in [4.78, 5) is 28.2. The molecule has 1 unspecified atom stereocenters. The molecule has 5 N–H and O–H groups in total. The first-order valence-corrected chi connectivity index (χ1v) is 11.0. The highest BCUT2D eigenvalue weighted by Crippen LogP contribution is 2.33. The van der Waals surface area contributed by atoms with Crippen molar-refractivity contribution in [2.75, 3.05) is 30.4 Å². The molecule has 10 heteroatoms. The SMILES string of the molecule is CC1=CN=C(Nc2ccc(N3C[C@H]4C[C@H]3CN4C)nc2)NC1(N)c1ccc2oc(=O)[nH]c2c1. The van der Waals surface area contributed by atoms with Gasteiger partial charge in [0.15, 0.2) is 5.58 Å². The molecule has 3 atom stereocenters. The van der Waals surface area contributed by atoms with Crippen LogP contribution in [0.2, 0.25) is 0 Å². The maximum absolute atomic E-state index is 11.5. The van der Waals surface area contributed by atoms with E-state index in [2.05, 4.69) is 42.4 Å². The summed E-state index contributed by atoms with van der Waals surface area (Å²) < 4.78 is 5.10. The van der Waals surface area contributed by atoms with Gasteiger partial charge in [-0.3, -0.25) is 9.88 Å². The van der Waals surface area contributed by atoms with Crippen molar-refractivity contribution in [1.29, 1.82) is 0 Å². The van der Waals surface area contributed by atoms with Crippen molar-refractivity contribution in [3.8, 4) is 0 Å². The number of anilines is 2. The van der Waals surface area contributed by atoms with Crippen LogP contribution in [0, 0.1) is 0 Å². The number of aromatic amines is 1. The Morgan fingerprint density at radius 3 is 2.85 bits per heavy atom. The number of likely N-dealkylation sites (tertiary alicyclic amines) is 1. The fraction of sp³-hybridized carbons (Fsp3) is 0.348. The number of aliphatic imine (C=N–C) groups is 1. The Kier molecular flexibility index (Phi) is 4.36. The Hall–Kier alpha value is -3.63. The summed E-state index contributed by atoms with van der Waals surface area (Å²) in [5, 5.41) is 6.57. The highest BCUT2D eigenvalue weighted by Gasteiger charge is 2.41. The van der Waals surface area contributed by atoms with Gasteiger partial charge in [-0.05, 0) is 55.8 Å². The van der Waals surface area contributed by atoms with Gasteiger partial charge < -0.3 is 25.7 Å². The standard InChI is InChI=1S/C23H26N8O2/c1-13-9-26-21(29-23(13,24)14-3-5-19-18(7-14)28-22(32)33-19)27-15-4-6-20(25-10-15)31-12-16-8-17(31)11-30(16)2/h3-7,9-10,16-17H,8,11-12,24H2,1-2H3,(H,28,32)(H2,26,27,29)/t16-,17+,23?/m1/s1. The number of nitrogens with two attached hydrogens (primary N) is 1. The molecule has 2 saturated heterocycles. The average molecular weight is 447 g/mol. The number of likely N-dealkylation sites (N-methyl/N-ethyl adjacent to an activating group) is 1. The average Bonchev–Trinajstić information content (AvgIpc) is 3.49. The number of benzene rings is 1. The lowest BCUT2D eigenvalue weighted by Crippen LogP contribution is -2.57. The number of fused-ring (bicyclic) bond motifs is 3. The molecule has 0 aliphatic carbocycles. The van der Waals surface area contributed by atoms with Crippen molar-refractivity contribution in [2.24, 2.45) is 10.7 Å². The number of hydrogen-bond donors (Lipinski definition) is 4. The number of rotatable bonds is 3. The molecule has 5 heterocycles. The van der Waals surface area contributed by atoms with Crippen LogP contribution in [0.1, 0.15) is 18.9 Å². The van der Waals surface area contributed by atoms with Crippen molar-refractivity contribution < 1.29 is 4.42 Å². The van der Waals surface area contributed by atoms with Crippen LogP contribution in [0.25, 0.3) is 11.1 Å². The smallest absolute Gasteiger partial charge is 0.408 e. The van der Waals surface area contributed by atoms with E-state index in [9.17, 15) is 4.79 Å². The Labute approximate surface area is 190 Å². The van der Waals surface area contributed by atoms with Gasteiger partial charge in [-0.25, -0.2) is 14.8 Å². The monoisotopic (exact) mass is 446 g/mol.